The fraction of sp³-hybridized carbons (Fsp3) is 1.00. The highest BCUT2D eigenvalue weighted by molar-refractivity contribution is 4.51. The van der Waals surface area contributed by atoms with Gasteiger partial charge in [0.15, 0.2) is 0 Å². The van der Waals surface area contributed by atoms with Crippen LogP contribution in [0.5, 0.6) is 0 Å². The topological polar surface area (TPSA) is 0 Å². The SMILES string of the molecule is C1CCCC1.CC(C)CCC(C)C. The third kappa shape index (κ3) is 12.0. The molecule has 0 amide bonds. The maximum Gasteiger partial charge on any atom is -0.0471 e. The average molecular weight is 184 g/mol. The minimum atomic E-state index is 0.886. The van der Waals surface area contributed by atoms with E-state index in [1.807, 2.05) is 0 Å². The van der Waals surface area contributed by atoms with Gasteiger partial charge in [-0.1, -0.05) is 72.6 Å². The summed E-state index contributed by atoms with van der Waals surface area (Å²) in [5, 5.41) is 0. The molecule has 0 aromatic carbocycles. The van der Waals surface area contributed by atoms with Gasteiger partial charge in [0.05, 0.1) is 0 Å². The average Bonchev–Trinajstić information content (AvgIpc) is 2.57. The molecular formula is C13H28. The Morgan fingerprint density at radius 1 is 0.615 bits per heavy atom. The molecule has 0 spiro atoms. The summed E-state index contributed by atoms with van der Waals surface area (Å²) < 4.78 is 0. The Hall–Kier alpha value is 0. The Morgan fingerprint density at radius 2 is 0.846 bits per heavy atom. The Morgan fingerprint density at radius 3 is 1.00 bits per heavy atom. The lowest BCUT2D eigenvalue weighted by Crippen LogP contribution is -1.91. The van der Waals surface area contributed by atoms with Crippen molar-refractivity contribution in [2.45, 2.75) is 72.6 Å². The molecule has 0 saturated heterocycles. The highest BCUT2D eigenvalue weighted by Gasteiger charge is 1.96. The lowest BCUT2D eigenvalue weighted by atomic mass is 10.0. The van der Waals surface area contributed by atoms with E-state index in [0.29, 0.717) is 0 Å². The minimum absolute atomic E-state index is 0.886. The van der Waals surface area contributed by atoms with Gasteiger partial charge in [-0.2, -0.15) is 0 Å². The van der Waals surface area contributed by atoms with Crippen LogP contribution in [0.4, 0.5) is 0 Å². The second kappa shape index (κ2) is 8.59. The molecule has 0 aromatic heterocycles. The van der Waals surface area contributed by atoms with Crippen molar-refractivity contribution in [3.8, 4) is 0 Å². The first-order chi connectivity index (χ1) is 6.13. The van der Waals surface area contributed by atoms with Gasteiger partial charge in [-0.15, -0.1) is 0 Å². The minimum Gasteiger partial charge on any atom is -0.0628 e. The summed E-state index contributed by atoms with van der Waals surface area (Å²) in [6.45, 7) is 9.12. The zero-order chi connectivity index (χ0) is 10.1. The van der Waals surface area contributed by atoms with Crippen LogP contribution in [-0.4, -0.2) is 0 Å². The van der Waals surface area contributed by atoms with Crippen LogP contribution in [0.15, 0.2) is 0 Å². The molecule has 0 bridgehead atoms. The Kier molecular flexibility index (Phi) is 8.59. The fourth-order valence-corrected chi connectivity index (χ4v) is 1.55. The molecule has 0 N–H and O–H groups in total. The van der Waals surface area contributed by atoms with Crippen molar-refractivity contribution < 1.29 is 0 Å². The van der Waals surface area contributed by atoms with Crippen LogP contribution < -0.4 is 0 Å². The van der Waals surface area contributed by atoms with E-state index in [1.54, 1.807) is 0 Å². The fourth-order valence-electron chi connectivity index (χ4n) is 1.55. The standard InChI is InChI=1S/C8H18.C5H10/c1-7(2)5-6-8(3)4;1-2-4-5-3-1/h7-8H,5-6H2,1-4H3;1-5H2. The molecule has 13 heavy (non-hydrogen) atoms. The molecule has 0 heteroatoms. The molecule has 0 unspecified atom stereocenters. The van der Waals surface area contributed by atoms with Crippen molar-refractivity contribution in [2.75, 3.05) is 0 Å². The first-order valence-corrected chi connectivity index (χ1v) is 6.13. The van der Waals surface area contributed by atoms with E-state index in [4.69, 9.17) is 0 Å². The van der Waals surface area contributed by atoms with Gasteiger partial charge in [0.2, 0.25) is 0 Å². The van der Waals surface area contributed by atoms with Crippen molar-refractivity contribution in [1.82, 2.24) is 0 Å². The summed E-state index contributed by atoms with van der Waals surface area (Å²) in [5.41, 5.74) is 0. The van der Waals surface area contributed by atoms with Gasteiger partial charge in [-0.25, -0.2) is 0 Å². The molecule has 0 aliphatic heterocycles. The molecule has 1 aliphatic carbocycles. The summed E-state index contributed by atoms with van der Waals surface area (Å²) in [4.78, 5) is 0. The summed E-state index contributed by atoms with van der Waals surface area (Å²) in [7, 11) is 0. The van der Waals surface area contributed by atoms with Gasteiger partial charge >= 0.3 is 0 Å². The summed E-state index contributed by atoms with van der Waals surface area (Å²) in [5.74, 6) is 1.77. The molecule has 80 valence electrons. The highest BCUT2D eigenvalue weighted by atomic mass is 14.0. The van der Waals surface area contributed by atoms with Crippen molar-refractivity contribution in [3.63, 3.8) is 0 Å². The van der Waals surface area contributed by atoms with Crippen LogP contribution in [0.3, 0.4) is 0 Å². The van der Waals surface area contributed by atoms with Crippen molar-refractivity contribution in [3.05, 3.63) is 0 Å². The van der Waals surface area contributed by atoms with E-state index in [1.165, 1.54) is 44.9 Å². The molecule has 1 rings (SSSR count). The predicted octanol–water partition coefficient (Wildman–Crippen LogP) is 5.03. The van der Waals surface area contributed by atoms with Gasteiger partial charge in [0.25, 0.3) is 0 Å². The zero-order valence-electron chi connectivity index (χ0n) is 10.1. The second-order valence-electron chi connectivity index (χ2n) is 5.13. The van der Waals surface area contributed by atoms with Crippen molar-refractivity contribution >= 4 is 0 Å². The summed E-state index contributed by atoms with van der Waals surface area (Å²) in [6.07, 6.45) is 10.3. The van der Waals surface area contributed by atoms with Gasteiger partial charge in [-0.05, 0) is 11.8 Å². The van der Waals surface area contributed by atoms with E-state index >= 15 is 0 Å². The summed E-state index contributed by atoms with van der Waals surface area (Å²) in [6, 6.07) is 0. The molecule has 0 heterocycles. The van der Waals surface area contributed by atoms with E-state index in [2.05, 4.69) is 27.7 Å². The van der Waals surface area contributed by atoms with Gasteiger partial charge in [-0.3, -0.25) is 0 Å². The van der Waals surface area contributed by atoms with Crippen LogP contribution in [-0.2, 0) is 0 Å². The number of hydrogen-bond acceptors (Lipinski definition) is 0. The van der Waals surface area contributed by atoms with Gasteiger partial charge < -0.3 is 0 Å². The molecule has 0 aromatic rings. The van der Waals surface area contributed by atoms with Crippen molar-refractivity contribution in [2.24, 2.45) is 11.8 Å². The Balaban J connectivity index is 0.000000243. The molecular weight excluding hydrogens is 156 g/mol. The molecule has 0 atom stereocenters. The third-order valence-electron chi connectivity index (χ3n) is 2.57. The van der Waals surface area contributed by atoms with Crippen LogP contribution in [0, 0.1) is 11.8 Å². The summed E-state index contributed by atoms with van der Waals surface area (Å²) >= 11 is 0. The third-order valence-corrected chi connectivity index (χ3v) is 2.57. The lowest BCUT2D eigenvalue weighted by Gasteiger charge is -2.05. The smallest absolute Gasteiger partial charge is 0.0471 e. The van der Waals surface area contributed by atoms with Crippen LogP contribution in [0.25, 0.3) is 0 Å². The quantitative estimate of drug-likeness (QED) is 0.577. The molecule has 1 saturated carbocycles. The monoisotopic (exact) mass is 184 g/mol. The Labute approximate surface area is 85.1 Å². The largest absolute Gasteiger partial charge is 0.0628 e. The first kappa shape index (κ1) is 13.0. The van der Waals surface area contributed by atoms with E-state index < -0.39 is 0 Å². The van der Waals surface area contributed by atoms with E-state index in [9.17, 15) is 0 Å². The maximum absolute atomic E-state index is 2.28. The molecule has 0 nitrogen and oxygen atoms in total. The highest BCUT2D eigenvalue weighted by Crippen LogP contribution is 2.15. The van der Waals surface area contributed by atoms with Crippen LogP contribution in [0.2, 0.25) is 0 Å². The Bertz CT molecular complexity index is 72.6. The van der Waals surface area contributed by atoms with Gasteiger partial charge in [0, 0.05) is 0 Å². The van der Waals surface area contributed by atoms with E-state index in [-0.39, 0.29) is 0 Å². The number of hydrogen-bond donors (Lipinski definition) is 0. The number of rotatable bonds is 3. The van der Waals surface area contributed by atoms with Gasteiger partial charge in [0.1, 0.15) is 0 Å². The normalized spacial score (nSPS) is 16.2. The first-order valence-electron chi connectivity index (χ1n) is 6.13. The maximum atomic E-state index is 2.28. The van der Waals surface area contributed by atoms with Crippen molar-refractivity contribution in [1.29, 1.82) is 0 Å². The second-order valence-corrected chi connectivity index (χ2v) is 5.13. The zero-order valence-corrected chi connectivity index (χ0v) is 10.1. The molecule has 1 aliphatic rings. The predicted molar refractivity (Wildman–Crippen MR) is 62.0 cm³/mol. The van der Waals surface area contributed by atoms with E-state index in [0.717, 1.165) is 11.8 Å². The van der Waals surface area contributed by atoms with Crippen LogP contribution >= 0.6 is 0 Å². The molecule has 0 radical (unpaired) electrons. The van der Waals surface area contributed by atoms with Crippen LogP contribution in [0.1, 0.15) is 72.6 Å². The lowest BCUT2D eigenvalue weighted by molar-refractivity contribution is 0.476. The molecule has 1 fully saturated rings.